The Kier molecular flexibility index (Phi) is 10.7. The van der Waals surface area contributed by atoms with Gasteiger partial charge in [0.25, 0.3) is 0 Å². The molecule has 238 valence electrons. The number of carbonyl (C=O) groups is 2. The van der Waals surface area contributed by atoms with Crippen molar-refractivity contribution >= 4 is 35.7 Å². The maximum Gasteiger partial charge on any atom is 0.414 e. The number of amides is 1. The summed E-state index contributed by atoms with van der Waals surface area (Å²) in [4.78, 5) is 41.2. The van der Waals surface area contributed by atoms with Crippen molar-refractivity contribution in [3.05, 3.63) is 71.5 Å². The molecular weight excluding hydrogens is 580 g/mol. The number of carbonyl (C=O) groups excluding carboxylic acids is 1. The molecular formula is C31H38N8O6. The van der Waals surface area contributed by atoms with Gasteiger partial charge >= 0.3 is 12.1 Å². The average molecular weight is 619 g/mol. The summed E-state index contributed by atoms with van der Waals surface area (Å²) in [5.41, 5.74) is 1.81. The fourth-order valence-electron chi connectivity index (χ4n) is 4.49. The fraction of sp³-hybridized carbons (Fsp3) is 0.355. The molecule has 2 atom stereocenters. The Morgan fingerprint density at radius 2 is 1.58 bits per heavy atom. The largest absolute Gasteiger partial charge is 0.497 e. The zero-order valence-corrected chi connectivity index (χ0v) is 26.1. The Bertz CT molecular complexity index is 1580. The molecule has 2 aromatic carbocycles. The molecule has 0 saturated carbocycles. The van der Waals surface area contributed by atoms with Gasteiger partial charge in [-0.25, -0.2) is 9.59 Å². The van der Waals surface area contributed by atoms with E-state index in [2.05, 4.69) is 37.7 Å². The van der Waals surface area contributed by atoms with E-state index >= 15 is 0 Å². The third-order valence-corrected chi connectivity index (χ3v) is 6.85. The molecule has 4 rings (SSSR count). The first kappa shape index (κ1) is 32.5. The molecule has 0 spiro atoms. The number of nitrogens with zero attached hydrogens (tertiary/aromatic N) is 6. The number of nitrogens with one attached hydrogen (secondary N) is 2. The van der Waals surface area contributed by atoms with Crippen LogP contribution >= 0.6 is 0 Å². The molecule has 2 aromatic heterocycles. The SMILES string of the molecule is CCN(c1nc(Nc2cc(C)on2)nc(N[C@@H](Cc2ccc(OC(=O)N(C)C)cc2)C(=O)O)n1)C(C)Cc1ccc(OC)cc1. The Hall–Kier alpha value is -5.40. The quantitative estimate of drug-likeness (QED) is 0.180. The molecule has 0 aliphatic carbocycles. The summed E-state index contributed by atoms with van der Waals surface area (Å²) >= 11 is 0. The van der Waals surface area contributed by atoms with Gasteiger partial charge in [-0.3, -0.25) is 0 Å². The van der Waals surface area contributed by atoms with E-state index < -0.39 is 18.1 Å². The maximum absolute atomic E-state index is 12.3. The molecule has 4 aromatic rings. The average Bonchev–Trinajstić information content (AvgIpc) is 3.42. The number of methoxy groups -OCH3 is 1. The summed E-state index contributed by atoms with van der Waals surface area (Å²) in [6.45, 7) is 6.41. The predicted molar refractivity (Wildman–Crippen MR) is 168 cm³/mol. The van der Waals surface area contributed by atoms with E-state index in [9.17, 15) is 14.7 Å². The lowest BCUT2D eigenvalue weighted by atomic mass is 10.1. The van der Waals surface area contributed by atoms with E-state index in [1.54, 1.807) is 58.5 Å². The number of aromatic nitrogens is 4. The van der Waals surface area contributed by atoms with E-state index in [0.29, 0.717) is 41.8 Å². The number of benzene rings is 2. The van der Waals surface area contributed by atoms with E-state index in [4.69, 9.17) is 14.0 Å². The minimum absolute atomic E-state index is 0.0174. The molecule has 14 nitrogen and oxygen atoms in total. The van der Waals surface area contributed by atoms with Gasteiger partial charge in [0.1, 0.15) is 23.3 Å². The lowest BCUT2D eigenvalue weighted by Gasteiger charge is -2.29. The lowest BCUT2D eigenvalue weighted by molar-refractivity contribution is -0.137. The van der Waals surface area contributed by atoms with E-state index in [0.717, 1.165) is 11.3 Å². The van der Waals surface area contributed by atoms with Crippen LogP contribution in [0.15, 0.2) is 59.1 Å². The number of ether oxygens (including phenoxy) is 2. The molecule has 0 radical (unpaired) electrons. The topological polar surface area (TPSA) is 168 Å². The van der Waals surface area contributed by atoms with Crippen LogP contribution in [0.1, 0.15) is 30.7 Å². The summed E-state index contributed by atoms with van der Waals surface area (Å²) in [6, 6.07) is 15.1. The highest BCUT2D eigenvalue weighted by Crippen LogP contribution is 2.23. The monoisotopic (exact) mass is 618 g/mol. The van der Waals surface area contributed by atoms with Gasteiger partial charge in [0, 0.05) is 39.2 Å². The van der Waals surface area contributed by atoms with Crippen molar-refractivity contribution in [3.8, 4) is 11.5 Å². The van der Waals surface area contributed by atoms with Gasteiger partial charge in [0.05, 0.1) is 7.11 Å². The molecule has 0 saturated heterocycles. The zero-order chi connectivity index (χ0) is 32.5. The number of anilines is 4. The van der Waals surface area contributed by atoms with Gasteiger partial charge in [-0.15, -0.1) is 0 Å². The van der Waals surface area contributed by atoms with Crippen LogP contribution in [0.3, 0.4) is 0 Å². The van der Waals surface area contributed by atoms with Crippen molar-refractivity contribution in [3.63, 3.8) is 0 Å². The van der Waals surface area contributed by atoms with Crippen LogP contribution in [0.5, 0.6) is 11.5 Å². The Labute approximate surface area is 261 Å². The number of hydrogen-bond donors (Lipinski definition) is 3. The first-order valence-electron chi connectivity index (χ1n) is 14.4. The first-order valence-corrected chi connectivity index (χ1v) is 14.4. The number of aryl methyl sites for hydroxylation is 1. The second-order valence-corrected chi connectivity index (χ2v) is 10.6. The number of carboxylic acid groups (broad SMARTS) is 1. The van der Waals surface area contributed by atoms with Crippen LogP contribution in [-0.4, -0.2) is 82.0 Å². The predicted octanol–water partition coefficient (Wildman–Crippen LogP) is 4.55. The second-order valence-electron chi connectivity index (χ2n) is 10.6. The van der Waals surface area contributed by atoms with Crippen LogP contribution in [0, 0.1) is 6.92 Å². The van der Waals surface area contributed by atoms with Crippen molar-refractivity contribution in [2.75, 3.05) is 43.3 Å². The number of hydrogen-bond acceptors (Lipinski definition) is 12. The smallest absolute Gasteiger partial charge is 0.414 e. The summed E-state index contributed by atoms with van der Waals surface area (Å²) < 4.78 is 15.7. The van der Waals surface area contributed by atoms with Gasteiger partial charge in [-0.1, -0.05) is 29.4 Å². The van der Waals surface area contributed by atoms with Gasteiger partial charge in [-0.2, -0.15) is 15.0 Å². The fourth-order valence-corrected chi connectivity index (χ4v) is 4.49. The zero-order valence-electron chi connectivity index (χ0n) is 26.1. The van der Waals surface area contributed by atoms with Gasteiger partial charge in [0.2, 0.25) is 17.8 Å². The van der Waals surface area contributed by atoms with Crippen LogP contribution in [0.4, 0.5) is 28.5 Å². The van der Waals surface area contributed by atoms with Crippen LogP contribution < -0.4 is 25.0 Å². The molecule has 1 unspecified atom stereocenters. The van der Waals surface area contributed by atoms with E-state index in [-0.39, 0.29) is 24.4 Å². The number of carboxylic acids is 1. The lowest BCUT2D eigenvalue weighted by Crippen LogP contribution is -2.37. The summed E-state index contributed by atoms with van der Waals surface area (Å²) in [5, 5.41) is 20.0. The standard InChI is InChI=1S/C31H38N8O6/c1-7-39(19(2)16-21-8-12-23(43-6)13-9-21)30-35-28(34-29(36-30)33-26-17-20(3)45-37-26)32-25(27(40)41)18-22-10-14-24(15-11-22)44-31(42)38(4)5/h8-15,17,19,25H,7,16,18H2,1-6H3,(H,40,41)(H2,32,33,34,35,36,37)/t19?,25-/m0/s1. The third-order valence-electron chi connectivity index (χ3n) is 6.85. The molecule has 0 aliphatic heterocycles. The third kappa shape index (κ3) is 9.05. The minimum atomic E-state index is -1.10. The molecule has 0 aliphatic rings. The summed E-state index contributed by atoms with van der Waals surface area (Å²) in [5.74, 6) is 1.63. The first-order chi connectivity index (χ1) is 21.5. The molecule has 2 heterocycles. The molecule has 3 N–H and O–H groups in total. The molecule has 0 fully saturated rings. The van der Waals surface area contributed by atoms with Gasteiger partial charge in [0.15, 0.2) is 5.82 Å². The number of likely N-dealkylation sites (N-methyl/N-ethyl adjacent to an activating group) is 1. The summed E-state index contributed by atoms with van der Waals surface area (Å²) in [6.07, 6.45) is 0.298. The van der Waals surface area contributed by atoms with Gasteiger partial charge in [-0.05, 0) is 62.6 Å². The normalized spacial score (nSPS) is 12.1. The Balaban J connectivity index is 1.58. The molecule has 0 bridgehead atoms. The highest BCUT2D eigenvalue weighted by atomic mass is 16.6. The Morgan fingerprint density at radius 1 is 0.956 bits per heavy atom. The van der Waals surface area contributed by atoms with Crippen LogP contribution in [-0.2, 0) is 17.6 Å². The van der Waals surface area contributed by atoms with Crippen molar-refractivity contribution in [1.82, 2.24) is 25.0 Å². The van der Waals surface area contributed by atoms with E-state index in [1.807, 2.05) is 36.1 Å². The molecule has 45 heavy (non-hydrogen) atoms. The highest BCUT2D eigenvalue weighted by molar-refractivity contribution is 5.77. The molecule has 14 heteroatoms. The number of rotatable bonds is 14. The van der Waals surface area contributed by atoms with Crippen molar-refractivity contribution < 1.29 is 28.7 Å². The van der Waals surface area contributed by atoms with Crippen LogP contribution in [0.2, 0.25) is 0 Å². The summed E-state index contributed by atoms with van der Waals surface area (Å²) in [7, 11) is 4.80. The second kappa shape index (κ2) is 14.9. The van der Waals surface area contributed by atoms with Crippen LogP contribution in [0.25, 0.3) is 0 Å². The Morgan fingerprint density at radius 3 is 2.13 bits per heavy atom. The number of aliphatic carboxylic acids is 1. The van der Waals surface area contributed by atoms with Crippen molar-refractivity contribution in [2.24, 2.45) is 0 Å². The van der Waals surface area contributed by atoms with Crippen molar-refractivity contribution in [2.45, 2.75) is 45.7 Å². The molecule has 1 amide bonds. The van der Waals surface area contributed by atoms with Crippen molar-refractivity contribution in [1.29, 1.82) is 0 Å². The van der Waals surface area contributed by atoms with Gasteiger partial charge < -0.3 is 39.5 Å². The maximum atomic E-state index is 12.3. The highest BCUT2D eigenvalue weighted by Gasteiger charge is 2.23. The van der Waals surface area contributed by atoms with E-state index in [1.165, 1.54) is 4.90 Å². The minimum Gasteiger partial charge on any atom is -0.497 e.